The number of carbonyl (C=O) groups is 3. The molecule has 0 radical (unpaired) electrons. The monoisotopic (exact) mass is 472 g/mol. The lowest BCUT2D eigenvalue weighted by molar-refractivity contribution is -0.191. The van der Waals surface area contributed by atoms with E-state index in [9.17, 15) is 19.5 Å². The summed E-state index contributed by atoms with van der Waals surface area (Å²) in [5.74, 6) is -1.24. The Bertz CT molecular complexity index is 628. The molecule has 2 amide bonds. The van der Waals surface area contributed by atoms with E-state index in [-0.39, 0.29) is 31.1 Å². The SMILES string of the molecule is CC[C@@H](NC(=O)CN1CCN(CC)CCN(C)CCN(CC(=O)O)CC1)C(=O)NC.O=C=O. The van der Waals surface area contributed by atoms with Crippen LogP contribution >= 0.6 is 0 Å². The molecule has 33 heavy (non-hydrogen) atoms. The van der Waals surface area contributed by atoms with Crippen LogP contribution in [0.5, 0.6) is 0 Å². The lowest BCUT2D eigenvalue weighted by Gasteiger charge is -2.32. The fourth-order valence-electron chi connectivity index (χ4n) is 3.43. The highest BCUT2D eigenvalue weighted by Crippen LogP contribution is 2.00. The van der Waals surface area contributed by atoms with Crippen molar-refractivity contribution in [1.82, 2.24) is 30.2 Å². The van der Waals surface area contributed by atoms with Crippen LogP contribution in [0.4, 0.5) is 0 Å². The number of aliphatic carboxylic acids is 1. The fraction of sp³-hybridized carbons (Fsp3) is 0.810. The molecule has 12 nitrogen and oxygen atoms in total. The normalized spacial score (nSPS) is 18.4. The summed E-state index contributed by atoms with van der Waals surface area (Å²) in [6.07, 6.45) is 0.773. The maximum atomic E-state index is 12.6. The highest BCUT2D eigenvalue weighted by molar-refractivity contribution is 5.88. The smallest absolute Gasteiger partial charge is 0.373 e. The summed E-state index contributed by atoms with van der Waals surface area (Å²) < 4.78 is 0. The maximum Gasteiger partial charge on any atom is 0.373 e. The Labute approximate surface area is 196 Å². The minimum atomic E-state index is -0.845. The first-order valence-electron chi connectivity index (χ1n) is 11.3. The minimum absolute atomic E-state index is 0.0104. The second-order valence-electron chi connectivity index (χ2n) is 7.91. The van der Waals surface area contributed by atoms with Crippen molar-refractivity contribution in [3.63, 3.8) is 0 Å². The molecule has 1 fully saturated rings. The van der Waals surface area contributed by atoms with Crippen molar-refractivity contribution >= 4 is 23.9 Å². The van der Waals surface area contributed by atoms with E-state index in [2.05, 4.69) is 39.3 Å². The van der Waals surface area contributed by atoms with Crippen molar-refractivity contribution in [1.29, 1.82) is 0 Å². The predicted molar refractivity (Wildman–Crippen MR) is 121 cm³/mol. The molecule has 0 aromatic rings. The average molecular weight is 473 g/mol. The van der Waals surface area contributed by atoms with Crippen LogP contribution in [0.3, 0.4) is 0 Å². The number of amides is 2. The highest BCUT2D eigenvalue weighted by atomic mass is 16.4. The van der Waals surface area contributed by atoms with E-state index in [4.69, 9.17) is 9.59 Å². The predicted octanol–water partition coefficient (Wildman–Crippen LogP) is -2.00. The molecule has 0 aromatic heterocycles. The van der Waals surface area contributed by atoms with E-state index in [0.29, 0.717) is 32.6 Å². The number of carbonyl (C=O) groups excluding carboxylic acids is 4. The van der Waals surface area contributed by atoms with Gasteiger partial charge in [-0.2, -0.15) is 9.59 Å². The number of hydrogen-bond acceptors (Lipinski definition) is 9. The van der Waals surface area contributed by atoms with Crippen molar-refractivity contribution in [3.05, 3.63) is 0 Å². The van der Waals surface area contributed by atoms with E-state index < -0.39 is 12.0 Å². The second kappa shape index (κ2) is 18.1. The van der Waals surface area contributed by atoms with Crippen LogP contribution in [0.15, 0.2) is 0 Å². The molecule has 1 saturated heterocycles. The zero-order chi connectivity index (χ0) is 25.2. The molecule has 1 heterocycles. The van der Waals surface area contributed by atoms with Gasteiger partial charge in [0.05, 0.1) is 13.1 Å². The van der Waals surface area contributed by atoms with Crippen LogP contribution in [-0.4, -0.2) is 141 Å². The first-order valence-corrected chi connectivity index (χ1v) is 11.3. The van der Waals surface area contributed by atoms with Crippen LogP contribution in [-0.2, 0) is 24.0 Å². The summed E-state index contributed by atoms with van der Waals surface area (Å²) in [4.78, 5) is 60.5. The Morgan fingerprint density at radius 2 is 1.33 bits per heavy atom. The molecule has 0 saturated carbocycles. The van der Waals surface area contributed by atoms with Gasteiger partial charge in [0.2, 0.25) is 11.8 Å². The van der Waals surface area contributed by atoms with E-state index in [1.807, 2.05) is 11.8 Å². The van der Waals surface area contributed by atoms with Crippen LogP contribution in [0, 0.1) is 0 Å². The van der Waals surface area contributed by atoms with Gasteiger partial charge in [-0.1, -0.05) is 13.8 Å². The quantitative estimate of drug-likeness (QED) is 0.363. The van der Waals surface area contributed by atoms with Gasteiger partial charge in [-0.3, -0.25) is 24.2 Å². The molecule has 1 atom stereocenters. The van der Waals surface area contributed by atoms with E-state index in [1.165, 1.54) is 0 Å². The zero-order valence-electron chi connectivity index (χ0n) is 20.3. The van der Waals surface area contributed by atoms with Gasteiger partial charge in [0, 0.05) is 59.4 Å². The molecular weight excluding hydrogens is 432 g/mol. The Morgan fingerprint density at radius 3 is 1.79 bits per heavy atom. The summed E-state index contributed by atoms with van der Waals surface area (Å²) in [5, 5.41) is 14.6. The number of carboxylic acid groups (broad SMARTS) is 1. The molecule has 1 aliphatic rings. The van der Waals surface area contributed by atoms with Gasteiger partial charge in [0.25, 0.3) is 0 Å². The highest BCUT2D eigenvalue weighted by Gasteiger charge is 2.21. The summed E-state index contributed by atoms with van der Waals surface area (Å²) >= 11 is 0. The van der Waals surface area contributed by atoms with Gasteiger partial charge in [-0.25, -0.2) is 0 Å². The van der Waals surface area contributed by atoms with E-state index in [0.717, 1.165) is 32.7 Å². The Hall–Kier alpha value is -2.37. The summed E-state index contributed by atoms with van der Waals surface area (Å²) in [7, 11) is 3.62. The molecule has 0 aliphatic carbocycles. The van der Waals surface area contributed by atoms with Crippen LogP contribution < -0.4 is 10.6 Å². The largest absolute Gasteiger partial charge is 0.480 e. The summed E-state index contributed by atoms with van der Waals surface area (Å²) in [6.45, 7) is 11.1. The molecule has 0 spiro atoms. The first kappa shape index (κ1) is 30.6. The van der Waals surface area contributed by atoms with E-state index in [1.54, 1.807) is 7.05 Å². The topological polar surface area (TPSA) is 143 Å². The van der Waals surface area contributed by atoms with Crippen LogP contribution in [0.25, 0.3) is 0 Å². The Morgan fingerprint density at radius 1 is 0.879 bits per heavy atom. The molecule has 12 heteroatoms. The lowest BCUT2D eigenvalue weighted by atomic mass is 10.2. The molecule has 0 aromatic carbocycles. The van der Waals surface area contributed by atoms with Crippen LogP contribution in [0.1, 0.15) is 20.3 Å². The molecule has 1 rings (SSSR count). The van der Waals surface area contributed by atoms with E-state index >= 15 is 0 Å². The number of carboxylic acids is 1. The minimum Gasteiger partial charge on any atom is -0.480 e. The molecular formula is C21H40N6O6. The number of nitrogens with zero attached hydrogens (tertiary/aromatic N) is 4. The number of rotatable bonds is 8. The van der Waals surface area contributed by atoms with Crippen molar-refractivity contribution in [3.8, 4) is 0 Å². The molecule has 1 aliphatic heterocycles. The van der Waals surface area contributed by atoms with Crippen LogP contribution in [0.2, 0.25) is 0 Å². The van der Waals surface area contributed by atoms with Crippen molar-refractivity contribution < 1.29 is 29.1 Å². The van der Waals surface area contributed by atoms with Gasteiger partial charge >= 0.3 is 12.1 Å². The molecule has 190 valence electrons. The third-order valence-corrected chi connectivity index (χ3v) is 5.54. The van der Waals surface area contributed by atoms with Gasteiger partial charge < -0.3 is 25.5 Å². The van der Waals surface area contributed by atoms with Gasteiger partial charge in [-0.05, 0) is 20.0 Å². The Kier molecular flexibility index (Phi) is 16.8. The third kappa shape index (κ3) is 14.4. The lowest BCUT2D eigenvalue weighted by Crippen LogP contribution is -2.51. The molecule has 0 unspecified atom stereocenters. The zero-order valence-corrected chi connectivity index (χ0v) is 20.3. The van der Waals surface area contributed by atoms with Gasteiger partial charge in [0.1, 0.15) is 6.04 Å². The number of nitrogens with one attached hydrogen (secondary N) is 2. The van der Waals surface area contributed by atoms with Crippen molar-refractivity contribution in [2.24, 2.45) is 0 Å². The maximum absolute atomic E-state index is 12.6. The molecule has 0 bridgehead atoms. The summed E-state index contributed by atoms with van der Waals surface area (Å²) in [6, 6.07) is -0.541. The Balaban J connectivity index is 0.00000322. The third-order valence-electron chi connectivity index (χ3n) is 5.54. The number of likely N-dealkylation sites (N-methyl/N-ethyl adjacent to an activating group) is 3. The number of hydrogen-bond donors (Lipinski definition) is 3. The first-order chi connectivity index (χ1) is 15.7. The fourth-order valence-corrected chi connectivity index (χ4v) is 3.43. The standard InChI is InChI=1S/C20H40N6O4.CO2/c1-5-17(20(30)21-3)22-18(27)15-25-12-11-24(6-2)9-7-23(4)8-10-26(14-13-25)16-19(28)29;2-1-3/h17H,5-16H2,1-4H3,(H,21,30)(H,22,27)(H,28,29);/t17-;/m1./s1. The van der Waals surface area contributed by atoms with Gasteiger partial charge in [-0.15, -0.1) is 0 Å². The summed E-state index contributed by atoms with van der Waals surface area (Å²) in [5.41, 5.74) is 0. The second-order valence-corrected chi connectivity index (χ2v) is 7.91. The van der Waals surface area contributed by atoms with Crippen molar-refractivity contribution in [2.45, 2.75) is 26.3 Å². The molecule has 3 N–H and O–H groups in total. The van der Waals surface area contributed by atoms with Gasteiger partial charge in [0.15, 0.2) is 0 Å². The van der Waals surface area contributed by atoms with Crippen molar-refractivity contribution in [2.75, 3.05) is 86.1 Å². The average Bonchev–Trinajstić information content (AvgIpc) is 2.77.